The number of hydrogen-bond donors (Lipinski definition) is 0. The van der Waals surface area contributed by atoms with Crippen LogP contribution in [-0.4, -0.2) is 29.8 Å². The van der Waals surface area contributed by atoms with Gasteiger partial charge in [0.25, 0.3) is 0 Å². The van der Waals surface area contributed by atoms with Crippen LogP contribution in [0.1, 0.15) is 32.1 Å². The predicted octanol–water partition coefficient (Wildman–Crippen LogP) is 2.68. The SMILES string of the molecule is c1ccc(O[SiH2]OCCOCC2CCCCC2)cc1. The van der Waals surface area contributed by atoms with Crippen molar-refractivity contribution >= 4 is 10.0 Å². The summed E-state index contributed by atoms with van der Waals surface area (Å²) in [4.78, 5) is 0. The summed E-state index contributed by atoms with van der Waals surface area (Å²) in [6.07, 6.45) is 6.84. The third-order valence-electron chi connectivity index (χ3n) is 3.50. The van der Waals surface area contributed by atoms with E-state index in [1.807, 2.05) is 30.3 Å². The van der Waals surface area contributed by atoms with Crippen molar-refractivity contribution in [3.63, 3.8) is 0 Å². The van der Waals surface area contributed by atoms with E-state index in [9.17, 15) is 0 Å². The number of para-hydroxylation sites is 1. The Morgan fingerprint density at radius 3 is 2.58 bits per heavy atom. The van der Waals surface area contributed by atoms with Crippen molar-refractivity contribution < 1.29 is 13.6 Å². The first-order valence-electron chi connectivity index (χ1n) is 7.28. The lowest BCUT2D eigenvalue weighted by Gasteiger charge is -2.21. The highest BCUT2D eigenvalue weighted by Crippen LogP contribution is 2.23. The second-order valence-electron chi connectivity index (χ2n) is 5.06. The van der Waals surface area contributed by atoms with E-state index >= 15 is 0 Å². The van der Waals surface area contributed by atoms with Gasteiger partial charge in [-0.2, -0.15) is 0 Å². The molecule has 0 unspecified atom stereocenters. The molecule has 0 aromatic heterocycles. The molecule has 0 heterocycles. The summed E-state index contributed by atoms with van der Waals surface area (Å²) in [5.41, 5.74) is 0. The molecule has 0 atom stereocenters. The Labute approximate surface area is 118 Å². The molecule has 1 aliphatic carbocycles. The summed E-state index contributed by atoms with van der Waals surface area (Å²) in [6.45, 7) is 2.26. The van der Waals surface area contributed by atoms with Gasteiger partial charge in [-0.3, -0.25) is 0 Å². The summed E-state index contributed by atoms with van der Waals surface area (Å²) in [7, 11) is -0.918. The van der Waals surface area contributed by atoms with Gasteiger partial charge in [0.15, 0.2) is 0 Å². The minimum absolute atomic E-state index is 0.659. The number of benzene rings is 1. The van der Waals surface area contributed by atoms with Crippen LogP contribution in [0, 0.1) is 5.92 Å². The van der Waals surface area contributed by atoms with Gasteiger partial charge in [0, 0.05) is 6.61 Å². The van der Waals surface area contributed by atoms with Crippen LogP contribution >= 0.6 is 0 Å². The van der Waals surface area contributed by atoms with E-state index in [-0.39, 0.29) is 0 Å². The molecule has 1 aromatic rings. The second kappa shape index (κ2) is 9.12. The van der Waals surface area contributed by atoms with Crippen molar-refractivity contribution in [2.45, 2.75) is 32.1 Å². The molecule has 0 aliphatic heterocycles. The van der Waals surface area contributed by atoms with Crippen LogP contribution in [0.25, 0.3) is 0 Å². The first-order valence-corrected chi connectivity index (χ1v) is 8.44. The minimum Gasteiger partial charge on any atom is -0.525 e. The lowest BCUT2D eigenvalue weighted by atomic mass is 9.90. The molecule has 1 fully saturated rings. The van der Waals surface area contributed by atoms with Crippen molar-refractivity contribution in [2.24, 2.45) is 5.92 Å². The molecule has 106 valence electrons. The summed E-state index contributed by atoms with van der Waals surface area (Å²) < 4.78 is 16.7. The lowest BCUT2D eigenvalue weighted by molar-refractivity contribution is 0.0617. The summed E-state index contributed by atoms with van der Waals surface area (Å²) >= 11 is 0. The third-order valence-corrected chi connectivity index (χ3v) is 4.41. The molecule has 0 N–H and O–H groups in total. The van der Waals surface area contributed by atoms with Crippen molar-refractivity contribution in [2.75, 3.05) is 19.8 Å². The Morgan fingerprint density at radius 1 is 1.00 bits per heavy atom. The highest BCUT2D eigenvalue weighted by molar-refractivity contribution is 6.19. The van der Waals surface area contributed by atoms with Gasteiger partial charge in [0.1, 0.15) is 5.75 Å². The van der Waals surface area contributed by atoms with Crippen LogP contribution in [0.5, 0.6) is 5.75 Å². The first kappa shape index (κ1) is 14.6. The monoisotopic (exact) mass is 280 g/mol. The van der Waals surface area contributed by atoms with E-state index in [1.54, 1.807) is 0 Å². The lowest BCUT2D eigenvalue weighted by Crippen LogP contribution is -2.17. The van der Waals surface area contributed by atoms with Gasteiger partial charge >= 0.3 is 10.0 Å². The average Bonchev–Trinajstić information content (AvgIpc) is 2.48. The molecule has 0 spiro atoms. The smallest absolute Gasteiger partial charge is 0.366 e. The molecule has 3 nitrogen and oxygen atoms in total. The summed E-state index contributed by atoms with van der Waals surface area (Å²) in [5.74, 6) is 1.68. The van der Waals surface area contributed by atoms with Gasteiger partial charge < -0.3 is 13.6 Å². The molecule has 4 heteroatoms. The Kier molecular flexibility index (Phi) is 6.99. The van der Waals surface area contributed by atoms with E-state index in [2.05, 4.69) is 0 Å². The zero-order valence-corrected chi connectivity index (χ0v) is 13.0. The zero-order valence-electron chi connectivity index (χ0n) is 11.6. The molecule has 1 aliphatic rings. The molecule has 1 saturated carbocycles. The number of rotatable bonds is 8. The van der Waals surface area contributed by atoms with Gasteiger partial charge in [0.05, 0.1) is 13.2 Å². The molecule has 0 radical (unpaired) electrons. The zero-order chi connectivity index (χ0) is 13.2. The van der Waals surface area contributed by atoms with Crippen molar-refractivity contribution in [3.8, 4) is 5.75 Å². The van der Waals surface area contributed by atoms with Crippen LogP contribution in [0.2, 0.25) is 0 Å². The van der Waals surface area contributed by atoms with Gasteiger partial charge in [-0.15, -0.1) is 0 Å². The third kappa shape index (κ3) is 6.23. The summed E-state index contributed by atoms with van der Waals surface area (Å²) in [5, 5.41) is 0. The average molecular weight is 280 g/mol. The Morgan fingerprint density at radius 2 is 1.79 bits per heavy atom. The van der Waals surface area contributed by atoms with E-state index in [0.29, 0.717) is 13.2 Å². The quantitative estimate of drug-likeness (QED) is 0.541. The Bertz CT molecular complexity index is 325. The Balaban J connectivity index is 1.42. The minimum atomic E-state index is -0.918. The van der Waals surface area contributed by atoms with Gasteiger partial charge in [-0.1, -0.05) is 37.5 Å². The number of ether oxygens (including phenoxy) is 1. The molecule has 0 amide bonds. The fraction of sp³-hybridized carbons (Fsp3) is 0.600. The van der Waals surface area contributed by atoms with Crippen LogP contribution in [0.3, 0.4) is 0 Å². The second-order valence-corrected chi connectivity index (χ2v) is 6.00. The number of hydrogen-bond acceptors (Lipinski definition) is 3. The van der Waals surface area contributed by atoms with Crippen molar-refractivity contribution in [1.82, 2.24) is 0 Å². The van der Waals surface area contributed by atoms with Gasteiger partial charge in [-0.25, -0.2) is 0 Å². The predicted molar refractivity (Wildman–Crippen MR) is 79.0 cm³/mol. The van der Waals surface area contributed by atoms with Gasteiger partial charge in [-0.05, 0) is 30.9 Å². The van der Waals surface area contributed by atoms with E-state index < -0.39 is 10.0 Å². The van der Waals surface area contributed by atoms with E-state index in [1.165, 1.54) is 32.1 Å². The maximum Gasteiger partial charge on any atom is 0.366 e. The van der Waals surface area contributed by atoms with Crippen LogP contribution in [0.15, 0.2) is 30.3 Å². The van der Waals surface area contributed by atoms with Crippen LogP contribution < -0.4 is 4.43 Å². The molecule has 0 bridgehead atoms. The molecule has 0 saturated heterocycles. The standard InChI is InChI=1S/C15H24O3Si/c1-3-7-14(8-4-1)13-16-11-12-17-19-18-15-9-5-2-6-10-15/h2,5-6,9-10,14H,1,3-4,7-8,11-13,19H2. The molecule has 2 rings (SSSR count). The molecule has 1 aromatic carbocycles. The molecular weight excluding hydrogens is 256 g/mol. The van der Waals surface area contributed by atoms with E-state index in [0.717, 1.165) is 18.3 Å². The van der Waals surface area contributed by atoms with Crippen molar-refractivity contribution in [1.29, 1.82) is 0 Å². The first-order chi connectivity index (χ1) is 9.45. The summed E-state index contributed by atoms with van der Waals surface area (Å²) in [6, 6.07) is 9.83. The van der Waals surface area contributed by atoms with Crippen LogP contribution in [0.4, 0.5) is 0 Å². The fourth-order valence-electron chi connectivity index (χ4n) is 2.41. The van der Waals surface area contributed by atoms with Gasteiger partial charge in [0.2, 0.25) is 0 Å². The topological polar surface area (TPSA) is 27.7 Å². The normalized spacial score (nSPS) is 17.1. The maximum absolute atomic E-state index is 5.67. The van der Waals surface area contributed by atoms with E-state index in [4.69, 9.17) is 13.6 Å². The maximum atomic E-state index is 5.67. The van der Waals surface area contributed by atoms with Crippen LogP contribution in [-0.2, 0) is 9.16 Å². The van der Waals surface area contributed by atoms with Crippen molar-refractivity contribution in [3.05, 3.63) is 30.3 Å². The largest absolute Gasteiger partial charge is 0.525 e. The fourth-order valence-corrected chi connectivity index (χ4v) is 3.05. The Hall–Kier alpha value is -0.843. The molecular formula is C15H24O3Si. The highest BCUT2D eigenvalue weighted by atomic mass is 28.3. The molecule has 19 heavy (non-hydrogen) atoms. The highest BCUT2D eigenvalue weighted by Gasteiger charge is 2.12.